The number of halogens is 3. The minimum Gasteiger partial charge on any atom is -0.495 e. The van der Waals surface area contributed by atoms with Gasteiger partial charge in [-0.1, -0.05) is 18.9 Å². The number of ether oxygens (including phenoxy) is 2. The van der Waals surface area contributed by atoms with E-state index in [1.54, 1.807) is 11.0 Å². The predicted octanol–water partition coefficient (Wildman–Crippen LogP) is 5.15. The highest BCUT2D eigenvalue weighted by atomic mass is 19.4. The molecular formula is C24H23F3N2O3. The van der Waals surface area contributed by atoms with Crippen LogP contribution in [0.4, 0.5) is 13.2 Å². The van der Waals surface area contributed by atoms with Crippen LogP contribution in [0.25, 0.3) is 0 Å². The summed E-state index contributed by atoms with van der Waals surface area (Å²) in [6.07, 6.45) is -0.507. The summed E-state index contributed by atoms with van der Waals surface area (Å²) in [6, 6.07) is 10.2. The average Bonchev–Trinajstić information content (AvgIpc) is 3.28. The first-order valence-corrected chi connectivity index (χ1v) is 10.6. The van der Waals surface area contributed by atoms with Crippen molar-refractivity contribution in [1.82, 2.24) is 4.90 Å². The van der Waals surface area contributed by atoms with Crippen molar-refractivity contribution in [3.8, 4) is 17.6 Å². The van der Waals surface area contributed by atoms with Crippen molar-refractivity contribution in [1.29, 1.82) is 5.26 Å². The Morgan fingerprint density at radius 3 is 2.31 bits per heavy atom. The summed E-state index contributed by atoms with van der Waals surface area (Å²) < 4.78 is 49.3. The number of likely N-dealkylation sites (tertiary alicyclic amines) is 1. The van der Waals surface area contributed by atoms with E-state index in [1.165, 1.54) is 19.2 Å². The third kappa shape index (κ3) is 4.24. The summed E-state index contributed by atoms with van der Waals surface area (Å²) >= 11 is 0. The quantitative estimate of drug-likeness (QED) is 0.640. The number of rotatable bonds is 5. The molecule has 0 aromatic heterocycles. The number of nitrogens with zero attached hydrogens (tertiary/aromatic N) is 2. The van der Waals surface area contributed by atoms with Crippen molar-refractivity contribution in [3.05, 3.63) is 58.7 Å². The number of alkyl halides is 3. The van der Waals surface area contributed by atoms with E-state index >= 15 is 0 Å². The number of hydrogen-bond acceptors (Lipinski definition) is 4. The van der Waals surface area contributed by atoms with Crippen LogP contribution in [0.15, 0.2) is 36.4 Å². The second-order valence-electron chi connectivity index (χ2n) is 8.18. The second-order valence-corrected chi connectivity index (χ2v) is 8.18. The molecule has 2 aliphatic rings. The summed E-state index contributed by atoms with van der Waals surface area (Å²) in [5.41, 5.74) is 0.928. The van der Waals surface area contributed by atoms with Gasteiger partial charge in [-0.15, -0.1) is 0 Å². The first kappa shape index (κ1) is 22.0. The van der Waals surface area contributed by atoms with Crippen LogP contribution in [0.1, 0.15) is 58.6 Å². The Balaban J connectivity index is 1.48. The van der Waals surface area contributed by atoms with Gasteiger partial charge in [0.25, 0.3) is 5.91 Å². The number of hydrogen-bond donors (Lipinski definition) is 0. The van der Waals surface area contributed by atoms with Gasteiger partial charge in [0.1, 0.15) is 23.7 Å². The maximum Gasteiger partial charge on any atom is 0.416 e. The van der Waals surface area contributed by atoms with E-state index in [0.29, 0.717) is 35.7 Å². The number of nitriles is 1. The first-order chi connectivity index (χ1) is 15.3. The third-order valence-corrected chi connectivity index (χ3v) is 6.14. The van der Waals surface area contributed by atoms with Crippen molar-refractivity contribution in [3.63, 3.8) is 0 Å². The molecular weight excluding hydrogens is 421 g/mol. The van der Waals surface area contributed by atoms with E-state index < -0.39 is 11.7 Å². The van der Waals surface area contributed by atoms with Gasteiger partial charge in [-0.2, -0.15) is 18.4 Å². The fourth-order valence-corrected chi connectivity index (χ4v) is 4.45. The lowest BCUT2D eigenvalue weighted by Gasteiger charge is -2.39. The van der Waals surface area contributed by atoms with Gasteiger partial charge in [0, 0.05) is 0 Å². The summed E-state index contributed by atoms with van der Waals surface area (Å²) in [4.78, 5) is 15.0. The topological polar surface area (TPSA) is 62.6 Å². The van der Waals surface area contributed by atoms with Crippen molar-refractivity contribution < 1.29 is 27.4 Å². The number of carbonyl (C=O) groups is 1. The SMILES string of the molecule is COc1c(C#N)ccc(C2CCCC2)c1C(=O)N1CC(Oc2ccc(C(F)(F)F)cc2)C1. The van der Waals surface area contributed by atoms with Crippen LogP contribution in [0.2, 0.25) is 0 Å². The van der Waals surface area contributed by atoms with Gasteiger partial charge in [-0.05, 0) is 54.7 Å². The smallest absolute Gasteiger partial charge is 0.416 e. The maximum atomic E-state index is 13.4. The van der Waals surface area contributed by atoms with E-state index in [0.717, 1.165) is 43.4 Å². The Morgan fingerprint density at radius 1 is 1.09 bits per heavy atom. The number of benzene rings is 2. The highest BCUT2D eigenvalue weighted by Crippen LogP contribution is 2.40. The van der Waals surface area contributed by atoms with E-state index in [2.05, 4.69) is 6.07 Å². The van der Waals surface area contributed by atoms with E-state index in [1.807, 2.05) is 6.07 Å². The van der Waals surface area contributed by atoms with Gasteiger partial charge in [-0.25, -0.2) is 0 Å². The van der Waals surface area contributed by atoms with E-state index in [9.17, 15) is 23.2 Å². The lowest BCUT2D eigenvalue weighted by atomic mass is 9.89. The lowest BCUT2D eigenvalue weighted by Crippen LogP contribution is -2.56. The first-order valence-electron chi connectivity index (χ1n) is 10.6. The van der Waals surface area contributed by atoms with Gasteiger partial charge in [-0.3, -0.25) is 4.79 Å². The molecule has 2 fully saturated rings. The van der Waals surface area contributed by atoms with E-state index in [4.69, 9.17) is 9.47 Å². The fourth-order valence-electron chi connectivity index (χ4n) is 4.45. The molecule has 2 aromatic rings. The molecule has 4 rings (SSSR count). The number of methoxy groups -OCH3 is 1. The molecule has 0 N–H and O–H groups in total. The van der Waals surface area contributed by atoms with Gasteiger partial charge in [0.2, 0.25) is 0 Å². The molecule has 1 aliphatic heterocycles. The van der Waals surface area contributed by atoms with Crippen molar-refractivity contribution in [2.75, 3.05) is 20.2 Å². The normalized spacial score (nSPS) is 17.0. The van der Waals surface area contributed by atoms with Crippen LogP contribution in [0.5, 0.6) is 11.5 Å². The van der Waals surface area contributed by atoms with Crippen LogP contribution >= 0.6 is 0 Å². The molecule has 1 aliphatic carbocycles. The minimum absolute atomic E-state index is 0.215. The standard InChI is InChI=1S/C24H23F3N2O3/c1-31-22-16(12-28)6-11-20(15-4-2-3-5-15)21(22)23(30)29-13-19(14-29)32-18-9-7-17(8-10-18)24(25,26)27/h6-11,15,19H,2-5,13-14H2,1H3. The van der Waals surface area contributed by atoms with E-state index in [-0.39, 0.29) is 17.9 Å². The van der Waals surface area contributed by atoms with Crippen molar-refractivity contribution >= 4 is 5.91 Å². The van der Waals surface area contributed by atoms with Crippen LogP contribution in [-0.2, 0) is 6.18 Å². The molecule has 1 saturated heterocycles. The van der Waals surface area contributed by atoms with Gasteiger partial charge >= 0.3 is 6.18 Å². The Morgan fingerprint density at radius 2 is 1.75 bits per heavy atom. The maximum absolute atomic E-state index is 13.4. The molecule has 1 heterocycles. The molecule has 0 spiro atoms. The molecule has 0 atom stereocenters. The lowest BCUT2D eigenvalue weighted by molar-refractivity contribution is -0.137. The van der Waals surface area contributed by atoms with Crippen molar-refractivity contribution in [2.45, 2.75) is 43.9 Å². The zero-order valence-corrected chi connectivity index (χ0v) is 17.6. The average molecular weight is 444 g/mol. The molecule has 0 bridgehead atoms. The zero-order chi connectivity index (χ0) is 22.9. The van der Waals surface area contributed by atoms with Crippen LogP contribution in [0, 0.1) is 11.3 Å². The molecule has 0 radical (unpaired) electrons. The van der Waals surface area contributed by atoms with Gasteiger partial charge in [0.15, 0.2) is 0 Å². The molecule has 2 aromatic carbocycles. The minimum atomic E-state index is -4.40. The van der Waals surface area contributed by atoms with Crippen LogP contribution < -0.4 is 9.47 Å². The van der Waals surface area contributed by atoms with Gasteiger partial charge in [0.05, 0.1) is 36.9 Å². The monoisotopic (exact) mass is 444 g/mol. The molecule has 5 nitrogen and oxygen atoms in total. The number of carbonyl (C=O) groups excluding carboxylic acids is 1. The predicted molar refractivity (Wildman–Crippen MR) is 111 cm³/mol. The Hall–Kier alpha value is -3.21. The summed E-state index contributed by atoms with van der Waals surface area (Å²) in [7, 11) is 1.46. The number of amides is 1. The summed E-state index contributed by atoms with van der Waals surface area (Å²) in [5, 5.41) is 9.45. The largest absolute Gasteiger partial charge is 0.495 e. The Kier molecular flexibility index (Phi) is 6.00. The molecule has 1 amide bonds. The molecule has 0 unspecified atom stereocenters. The molecule has 32 heavy (non-hydrogen) atoms. The molecule has 8 heteroatoms. The zero-order valence-electron chi connectivity index (χ0n) is 17.6. The summed E-state index contributed by atoms with van der Waals surface area (Å²) in [5.74, 6) is 0.670. The molecule has 1 saturated carbocycles. The highest BCUT2D eigenvalue weighted by Gasteiger charge is 2.37. The summed E-state index contributed by atoms with van der Waals surface area (Å²) in [6.45, 7) is 0.619. The Labute approximate surface area is 184 Å². The van der Waals surface area contributed by atoms with Crippen molar-refractivity contribution in [2.24, 2.45) is 0 Å². The third-order valence-electron chi connectivity index (χ3n) is 6.14. The molecule has 168 valence electrons. The fraction of sp³-hybridized carbons (Fsp3) is 0.417. The van der Waals surface area contributed by atoms with Gasteiger partial charge < -0.3 is 14.4 Å². The van der Waals surface area contributed by atoms with Crippen LogP contribution in [-0.4, -0.2) is 37.1 Å². The van der Waals surface area contributed by atoms with Crippen LogP contribution in [0.3, 0.4) is 0 Å². The second kappa shape index (κ2) is 8.73. The Bertz CT molecular complexity index is 1030. The highest BCUT2D eigenvalue weighted by molar-refractivity contribution is 6.00.